The van der Waals surface area contributed by atoms with E-state index in [1.807, 2.05) is 13.0 Å². The van der Waals surface area contributed by atoms with Crippen LogP contribution in [0.5, 0.6) is 0 Å². The molecule has 0 spiro atoms. The lowest BCUT2D eigenvalue weighted by Crippen LogP contribution is -2.39. The SMILES string of the molecule is Cc1ccc(/C=N\NC(=O)C2CCN(Cc3ccc(F)cc3Cl)CC2)o1. The molecule has 138 valence electrons. The van der Waals surface area contributed by atoms with Crippen molar-refractivity contribution >= 4 is 23.7 Å². The maximum Gasteiger partial charge on any atom is 0.243 e. The highest BCUT2D eigenvalue weighted by Gasteiger charge is 2.25. The minimum absolute atomic E-state index is 0.0644. The number of amides is 1. The molecule has 0 saturated carbocycles. The molecule has 1 fully saturated rings. The van der Waals surface area contributed by atoms with E-state index >= 15 is 0 Å². The second-order valence-electron chi connectivity index (χ2n) is 6.47. The summed E-state index contributed by atoms with van der Waals surface area (Å²) >= 11 is 6.08. The number of piperidine rings is 1. The Kier molecular flexibility index (Phi) is 6.06. The zero-order chi connectivity index (χ0) is 18.5. The number of rotatable bonds is 5. The van der Waals surface area contributed by atoms with E-state index < -0.39 is 0 Å². The number of halogens is 2. The van der Waals surface area contributed by atoms with Gasteiger partial charge in [0.2, 0.25) is 5.91 Å². The molecule has 0 bridgehead atoms. The van der Waals surface area contributed by atoms with Crippen molar-refractivity contribution in [1.29, 1.82) is 0 Å². The first kappa shape index (κ1) is 18.6. The molecule has 5 nitrogen and oxygen atoms in total. The quantitative estimate of drug-likeness (QED) is 0.637. The number of carbonyl (C=O) groups is 1. The first-order valence-electron chi connectivity index (χ1n) is 8.57. The first-order chi connectivity index (χ1) is 12.5. The fourth-order valence-corrected chi connectivity index (χ4v) is 3.24. The average Bonchev–Trinajstić information content (AvgIpc) is 3.03. The van der Waals surface area contributed by atoms with E-state index in [2.05, 4.69) is 15.4 Å². The van der Waals surface area contributed by atoms with Gasteiger partial charge in [-0.3, -0.25) is 9.69 Å². The molecule has 7 heteroatoms. The van der Waals surface area contributed by atoms with Crippen molar-refractivity contribution in [2.24, 2.45) is 11.0 Å². The molecule has 0 radical (unpaired) electrons. The van der Waals surface area contributed by atoms with Crippen LogP contribution in [0, 0.1) is 18.7 Å². The number of aryl methyl sites for hydroxylation is 1. The molecule has 1 saturated heterocycles. The molecule has 26 heavy (non-hydrogen) atoms. The summed E-state index contributed by atoms with van der Waals surface area (Å²) in [7, 11) is 0. The van der Waals surface area contributed by atoms with Crippen molar-refractivity contribution in [3.63, 3.8) is 0 Å². The Hall–Kier alpha value is -2.18. The van der Waals surface area contributed by atoms with Gasteiger partial charge in [-0.1, -0.05) is 17.7 Å². The van der Waals surface area contributed by atoms with Gasteiger partial charge in [-0.2, -0.15) is 5.10 Å². The maximum absolute atomic E-state index is 13.1. The van der Waals surface area contributed by atoms with Gasteiger partial charge >= 0.3 is 0 Å². The number of hydrazone groups is 1. The van der Waals surface area contributed by atoms with Crippen molar-refractivity contribution in [3.05, 3.63) is 58.3 Å². The number of likely N-dealkylation sites (tertiary alicyclic amines) is 1. The minimum Gasteiger partial charge on any atom is -0.460 e. The standard InChI is InChI=1S/C19H21ClFN3O2/c1-13-2-5-17(26-13)11-22-23-19(25)14-6-8-24(9-7-14)12-15-3-4-16(21)10-18(15)20/h2-5,10-11,14H,6-9,12H2,1H3,(H,23,25)/b22-11-. The highest BCUT2D eigenvalue weighted by atomic mass is 35.5. The van der Waals surface area contributed by atoms with Crippen LogP contribution in [0.2, 0.25) is 5.02 Å². The van der Waals surface area contributed by atoms with Crippen LogP contribution in [0.15, 0.2) is 39.9 Å². The number of hydrogen-bond acceptors (Lipinski definition) is 4. The zero-order valence-electron chi connectivity index (χ0n) is 14.5. The molecule has 1 aromatic carbocycles. The largest absolute Gasteiger partial charge is 0.460 e. The van der Waals surface area contributed by atoms with Crippen molar-refractivity contribution in [2.45, 2.75) is 26.3 Å². The lowest BCUT2D eigenvalue weighted by Gasteiger charge is -2.31. The van der Waals surface area contributed by atoms with Gasteiger partial charge in [0, 0.05) is 17.5 Å². The van der Waals surface area contributed by atoms with Gasteiger partial charge in [0.25, 0.3) is 0 Å². The predicted octanol–water partition coefficient (Wildman–Crippen LogP) is 3.74. The summed E-state index contributed by atoms with van der Waals surface area (Å²) in [6.07, 6.45) is 3.00. The third kappa shape index (κ3) is 4.93. The second kappa shape index (κ2) is 8.47. The minimum atomic E-state index is -0.334. The lowest BCUT2D eigenvalue weighted by atomic mass is 9.96. The third-order valence-electron chi connectivity index (χ3n) is 4.50. The Labute approximate surface area is 156 Å². The summed E-state index contributed by atoms with van der Waals surface area (Å²) in [4.78, 5) is 14.4. The normalized spacial score (nSPS) is 16.3. The van der Waals surface area contributed by atoms with E-state index in [4.69, 9.17) is 16.0 Å². The summed E-state index contributed by atoms with van der Waals surface area (Å²) in [6.45, 7) is 4.08. The maximum atomic E-state index is 13.1. The Bertz CT molecular complexity index is 798. The van der Waals surface area contributed by atoms with Gasteiger partial charge in [0.1, 0.15) is 17.3 Å². The Morgan fingerprint density at radius 3 is 2.81 bits per heavy atom. The molecule has 1 aromatic heterocycles. The van der Waals surface area contributed by atoms with E-state index in [9.17, 15) is 9.18 Å². The molecule has 1 amide bonds. The molecule has 0 atom stereocenters. The molecular weight excluding hydrogens is 357 g/mol. The van der Waals surface area contributed by atoms with Gasteiger partial charge in [-0.25, -0.2) is 9.82 Å². The Balaban J connectivity index is 1.45. The summed E-state index contributed by atoms with van der Waals surface area (Å²) < 4.78 is 18.5. The topological polar surface area (TPSA) is 57.8 Å². The summed E-state index contributed by atoms with van der Waals surface area (Å²) in [5.41, 5.74) is 3.48. The number of benzene rings is 1. The molecule has 2 heterocycles. The van der Waals surface area contributed by atoms with Crippen LogP contribution < -0.4 is 5.43 Å². The van der Waals surface area contributed by atoms with Crippen molar-refractivity contribution in [2.75, 3.05) is 13.1 Å². The number of hydrogen-bond donors (Lipinski definition) is 1. The van der Waals surface area contributed by atoms with E-state index in [0.29, 0.717) is 17.3 Å². The third-order valence-corrected chi connectivity index (χ3v) is 4.85. The van der Waals surface area contributed by atoms with Crippen LogP contribution >= 0.6 is 11.6 Å². The van der Waals surface area contributed by atoms with E-state index in [-0.39, 0.29) is 17.6 Å². The number of nitrogens with zero attached hydrogens (tertiary/aromatic N) is 2. The molecule has 0 aliphatic carbocycles. The number of nitrogens with one attached hydrogen (secondary N) is 1. The van der Waals surface area contributed by atoms with Crippen LogP contribution in [0.1, 0.15) is 29.9 Å². The highest BCUT2D eigenvalue weighted by molar-refractivity contribution is 6.31. The lowest BCUT2D eigenvalue weighted by molar-refractivity contribution is -0.126. The number of carbonyl (C=O) groups excluding carboxylic acids is 1. The molecule has 2 aromatic rings. The number of furan rings is 1. The first-order valence-corrected chi connectivity index (χ1v) is 8.94. The summed E-state index contributed by atoms with van der Waals surface area (Å²) in [5, 5.41) is 4.39. The van der Waals surface area contributed by atoms with Crippen LogP contribution in [-0.2, 0) is 11.3 Å². The van der Waals surface area contributed by atoms with Crippen molar-refractivity contribution in [1.82, 2.24) is 10.3 Å². The van der Waals surface area contributed by atoms with E-state index in [1.54, 1.807) is 12.1 Å². The van der Waals surface area contributed by atoms with Crippen LogP contribution in [0.25, 0.3) is 0 Å². The molecule has 1 N–H and O–H groups in total. The van der Waals surface area contributed by atoms with Crippen LogP contribution in [-0.4, -0.2) is 30.1 Å². The van der Waals surface area contributed by atoms with Gasteiger partial charge in [0.05, 0.1) is 6.21 Å². The van der Waals surface area contributed by atoms with Gasteiger partial charge < -0.3 is 4.42 Å². The second-order valence-corrected chi connectivity index (χ2v) is 6.88. The summed E-state index contributed by atoms with van der Waals surface area (Å²) in [5.74, 6) is 0.925. The van der Waals surface area contributed by atoms with E-state index in [1.165, 1.54) is 18.3 Å². The fourth-order valence-electron chi connectivity index (χ4n) is 3.02. The van der Waals surface area contributed by atoms with Gasteiger partial charge in [-0.15, -0.1) is 0 Å². The highest BCUT2D eigenvalue weighted by Crippen LogP contribution is 2.23. The van der Waals surface area contributed by atoms with Gasteiger partial charge in [-0.05, 0) is 62.7 Å². The Morgan fingerprint density at radius 2 is 2.15 bits per heavy atom. The van der Waals surface area contributed by atoms with E-state index in [0.717, 1.165) is 37.3 Å². The van der Waals surface area contributed by atoms with Crippen LogP contribution in [0.3, 0.4) is 0 Å². The molecule has 0 unspecified atom stereocenters. The molecule has 3 rings (SSSR count). The fraction of sp³-hybridized carbons (Fsp3) is 0.368. The smallest absolute Gasteiger partial charge is 0.243 e. The van der Waals surface area contributed by atoms with Crippen LogP contribution in [0.4, 0.5) is 4.39 Å². The van der Waals surface area contributed by atoms with Crippen molar-refractivity contribution < 1.29 is 13.6 Å². The average molecular weight is 378 g/mol. The zero-order valence-corrected chi connectivity index (χ0v) is 15.3. The molecule has 1 aliphatic heterocycles. The monoisotopic (exact) mass is 377 g/mol. The summed E-state index contributed by atoms with van der Waals surface area (Å²) in [6, 6.07) is 8.09. The van der Waals surface area contributed by atoms with Crippen molar-refractivity contribution in [3.8, 4) is 0 Å². The van der Waals surface area contributed by atoms with Gasteiger partial charge in [0.15, 0.2) is 0 Å². The Morgan fingerprint density at radius 1 is 1.38 bits per heavy atom. The molecular formula is C19H21ClFN3O2. The molecule has 1 aliphatic rings. The predicted molar refractivity (Wildman–Crippen MR) is 98.6 cm³/mol.